The quantitative estimate of drug-likeness (QED) is 0.762. The second kappa shape index (κ2) is 7.26. The van der Waals surface area contributed by atoms with Crippen LogP contribution >= 0.6 is 0 Å². The van der Waals surface area contributed by atoms with Gasteiger partial charge in [0, 0.05) is 19.2 Å². The number of halogens is 2. The van der Waals surface area contributed by atoms with Crippen molar-refractivity contribution in [2.24, 2.45) is 0 Å². The number of piperidine rings is 1. The summed E-state index contributed by atoms with van der Waals surface area (Å²) >= 11 is 0. The van der Waals surface area contributed by atoms with Crippen molar-refractivity contribution in [3.8, 4) is 0 Å². The number of aromatic nitrogens is 4. The molecule has 2 aromatic heterocycles. The van der Waals surface area contributed by atoms with Gasteiger partial charge in [-0.15, -0.1) is 0 Å². The van der Waals surface area contributed by atoms with Gasteiger partial charge >= 0.3 is 0 Å². The summed E-state index contributed by atoms with van der Waals surface area (Å²) in [7, 11) is 0. The minimum absolute atomic E-state index is 0.0820. The molecular weight excluding hydrogens is 354 g/mol. The maximum Gasteiger partial charge on any atom is 0.246 e. The number of fused-ring (bicyclic) bond motifs is 1. The van der Waals surface area contributed by atoms with Crippen LogP contribution < -0.4 is 10.2 Å². The van der Waals surface area contributed by atoms with E-state index < -0.39 is 17.5 Å². The van der Waals surface area contributed by atoms with E-state index in [0.29, 0.717) is 5.65 Å². The number of hydrogen-bond donors (Lipinski definition) is 1. The average molecular weight is 372 g/mol. The second-order valence-electron chi connectivity index (χ2n) is 6.46. The summed E-state index contributed by atoms with van der Waals surface area (Å²) in [5.74, 6) is -1.20. The molecule has 3 aromatic rings. The Morgan fingerprint density at radius 2 is 1.96 bits per heavy atom. The van der Waals surface area contributed by atoms with E-state index >= 15 is 0 Å². The Morgan fingerprint density at radius 3 is 2.74 bits per heavy atom. The summed E-state index contributed by atoms with van der Waals surface area (Å²) in [4.78, 5) is 23.1. The van der Waals surface area contributed by atoms with Gasteiger partial charge in [-0.25, -0.2) is 23.4 Å². The SMILES string of the molecule is O=C(Cn1ncc2c(N3CCCCC3)ncnc21)Nc1ccc(F)cc1F. The van der Waals surface area contributed by atoms with Crippen molar-refractivity contribution in [1.82, 2.24) is 19.7 Å². The molecule has 4 rings (SSSR count). The van der Waals surface area contributed by atoms with Crippen molar-refractivity contribution in [3.05, 3.63) is 42.4 Å². The minimum atomic E-state index is -0.830. The number of nitrogens with zero attached hydrogens (tertiary/aromatic N) is 5. The third-order valence-corrected chi connectivity index (χ3v) is 4.57. The largest absolute Gasteiger partial charge is 0.356 e. The van der Waals surface area contributed by atoms with Gasteiger partial charge < -0.3 is 10.2 Å². The van der Waals surface area contributed by atoms with Crippen molar-refractivity contribution in [3.63, 3.8) is 0 Å². The fourth-order valence-corrected chi connectivity index (χ4v) is 3.27. The van der Waals surface area contributed by atoms with E-state index in [1.54, 1.807) is 6.20 Å². The van der Waals surface area contributed by atoms with Crippen LogP contribution in [0.5, 0.6) is 0 Å². The molecule has 1 N–H and O–H groups in total. The van der Waals surface area contributed by atoms with E-state index in [9.17, 15) is 13.6 Å². The van der Waals surface area contributed by atoms with Gasteiger partial charge in [0.1, 0.15) is 30.3 Å². The first kappa shape index (κ1) is 17.3. The van der Waals surface area contributed by atoms with Gasteiger partial charge in [0.05, 0.1) is 17.3 Å². The van der Waals surface area contributed by atoms with Crippen LogP contribution in [0, 0.1) is 11.6 Å². The lowest BCUT2D eigenvalue weighted by molar-refractivity contribution is -0.116. The first-order valence-corrected chi connectivity index (χ1v) is 8.78. The number of nitrogens with one attached hydrogen (secondary N) is 1. The number of benzene rings is 1. The van der Waals surface area contributed by atoms with Gasteiger partial charge in [0.25, 0.3) is 0 Å². The van der Waals surface area contributed by atoms with Gasteiger partial charge in [0.2, 0.25) is 5.91 Å². The Bertz CT molecular complexity index is 983. The molecular formula is C18H18F2N6O. The summed E-state index contributed by atoms with van der Waals surface area (Å²) in [6, 6.07) is 2.98. The summed E-state index contributed by atoms with van der Waals surface area (Å²) in [5, 5.41) is 7.44. The zero-order valence-electron chi connectivity index (χ0n) is 14.5. The Morgan fingerprint density at radius 1 is 1.15 bits per heavy atom. The molecule has 27 heavy (non-hydrogen) atoms. The Balaban J connectivity index is 1.54. The fraction of sp³-hybridized carbons (Fsp3) is 0.333. The number of rotatable bonds is 4. The smallest absolute Gasteiger partial charge is 0.246 e. The third kappa shape index (κ3) is 3.57. The third-order valence-electron chi connectivity index (χ3n) is 4.57. The molecule has 0 saturated carbocycles. The van der Waals surface area contributed by atoms with E-state index in [1.807, 2.05) is 0 Å². The molecule has 0 spiro atoms. The Kier molecular flexibility index (Phi) is 4.66. The Hall–Kier alpha value is -3.10. The zero-order chi connectivity index (χ0) is 18.8. The lowest BCUT2D eigenvalue weighted by Crippen LogP contribution is -2.30. The normalized spacial score (nSPS) is 14.5. The summed E-state index contributed by atoms with van der Waals surface area (Å²) in [5.41, 5.74) is 0.460. The van der Waals surface area contributed by atoms with Gasteiger partial charge in [-0.05, 0) is 31.4 Å². The zero-order valence-corrected chi connectivity index (χ0v) is 14.5. The van der Waals surface area contributed by atoms with E-state index in [0.717, 1.165) is 49.3 Å². The standard InChI is InChI=1S/C18H18F2N6O/c19-12-4-5-15(14(20)8-12)24-16(27)10-26-18-13(9-23-26)17(21-11-22-18)25-6-2-1-3-7-25/h4-5,8-9,11H,1-3,6-7,10H2,(H,24,27). The molecule has 1 aliphatic heterocycles. The number of amides is 1. The topological polar surface area (TPSA) is 75.9 Å². The van der Waals surface area contributed by atoms with Crippen LogP contribution in [-0.2, 0) is 11.3 Å². The first-order chi connectivity index (χ1) is 13.1. The number of anilines is 2. The molecule has 0 radical (unpaired) electrons. The number of carbonyl (C=O) groups is 1. The van der Waals surface area contributed by atoms with Crippen LogP contribution in [0.4, 0.5) is 20.3 Å². The molecule has 0 atom stereocenters. The lowest BCUT2D eigenvalue weighted by atomic mass is 10.1. The van der Waals surface area contributed by atoms with Crippen LogP contribution in [0.1, 0.15) is 19.3 Å². The summed E-state index contributed by atoms with van der Waals surface area (Å²) in [6.45, 7) is 1.72. The molecule has 9 heteroatoms. The fourth-order valence-electron chi connectivity index (χ4n) is 3.27. The minimum Gasteiger partial charge on any atom is -0.356 e. The maximum atomic E-state index is 13.7. The van der Waals surface area contributed by atoms with Crippen molar-refractivity contribution in [2.75, 3.05) is 23.3 Å². The van der Waals surface area contributed by atoms with Crippen LogP contribution in [0.3, 0.4) is 0 Å². The van der Waals surface area contributed by atoms with E-state index in [1.165, 1.54) is 23.5 Å². The second-order valence-corrected chi connectivity index (χ2v) is 6.46. The number of hydrogen-bond acceptors (Lipinski definition) is 5. The predicted octanol–water partition coefficient (Wildman–Crippen LogP) is 2.73. The molecule has 3 heterocycles. The molecule has 0 aliphatic carbocycles. The van der Waals surface area contributed by atoms with Crippen LogP contribution in [-0.4, -0.2) is 38.7 Å². The molecule has 1 amide bonds. The molecule has 140 valence electrons. The van der Waals surface area contributed by atoms with Gasteiger partial charge in [0.15, 0.2) is 5.65 Å². The highest BCUT2D eigenvalue weighted by Gasteiger charge is 2.18. The number of carbonyl (C=O) groups excluding carboxylic acids is 1. The van der Waals surface area contributed by atoms with Crippen molar-refractivity contribution in [2.45, 2.75) is 25.8 Å². The van der Waals surface area contributed by atoms with Crippen molar-refractivity contribution >= 4 is 28.4 Å². The summed E-state index contributed by atoms with van der Waals surface area (Å²) < 4.78 is 28.1. The molecule has 0 bridgehead atoms. The van der Waals surface area contributed by atoms with E-state index in [-0.39, 0.29) is 12.2 Å². The van der Waals surface area contributed by atoms with Crippen molar-refractivity contribution in [1.29, 1.82) is 0 Å². The van der Waals surface area contributed by atoms with Crippen LogP contribution in [0.15, 0.2) is 30.7 Å². The van der Waals surface area contributed by atoms with Crippen molar-refractivity contribution < 1.29 is 13.6 Å². The van der Waals surface area contributed by atoms with Crippen LogP contribution in [0.2, 0.25) is 0 Å². The monoisotopic (exact) mass is 372 g/mol. The maximum absolute atomic E-state index is 13.7. The van der Waals surface area contributed by atoms with E-state index in [2.05, 4.69) is 25.3 Å². The molecule has 1 aromatic carbocycles. The first-order valence-electron chi connectivity index (χ1n) is 8.78. The average Bonchev–Trinajstić information content (AvgIpc) is 3.08. The van der Waals surface area contributed by atoms with Gasteiger partial charge in [-0.3, -0.25) is 4.79 Å². The van der Waals surface area contributed by atoms with E-state index in [4.69, 9.17) is 0 Å². The van der Waals surface area contributed by atoms with Crippen LogP contribution in [0.25, 0.3) is 11.0 Å². The highest BCUT2D eigenvalue weighted by molar-refractivity contribution is 5.92. The molecule has 7 nitrogen and oxygen atoms in total. The lowest BCUT2D eigenvalue weighted by Gasteiger charge is -2.27. The Labute approximate surface area is 154 Å². The molecule has 1 aliphatic rings. The molecule has 1 saturated heterocycles. The highest BCUT2D eigenvalue weighted by atomic mass is 19.1. The molecule has 1 fully saturated rings. The summed E-state index contributed by atoms with van der Waals surface area (Å²) in [6.07, 6.45) is 6.55. The molecule has 0 unspecified atom stereocenters. The predicted molar refractivity (Wildman–Crippen MR) is 96.4 cm³/mol. The van der Waals surface area contributed by atoms with Gasteiger partial charge in [-0.2, -0.15) is 5.10 Å². The van der Waals surface area contributed by atoms with Gasteiger partial charge in [-0.1, -0.05) is 0 Å². The highest BCUT2D eigenvalue weighted by Crippen LogP contribution is 2.25.